The average molecular weight is 316 g/mol. The summed E-state index contributed by atoms with van der Waals surface area (Å²) in [5.41, 5.74) is 1.13. The zero-order valence-electron chi connectivity index (χ0n) is 12.7. The predicted molar refractivity (Wildman–Crippen MR) is 84.0 cm³/mol. The zero-order chi connectivity index (χ0) is 16.4. The van der Waals surface area contributed by atoms with E-state index in [-0.39, 0.29) is 23.8 Å². The van der Waals surface area contributed by atoms with Gasteiger partial charge in [0.25, 0.3) is 5.91 Å². The second kappa shape index (κ2) is 6.40. The number of carbonyl (C=O) groups is 3. The summed E-state index contributed by atoms with van der Waals surface area (Å²) in [5, 5.41) is 14.8. The van der Waals surface area contributed by atoms with Gasteiger partial charge in [0.1, 0.15) is 0 Å². The molecular formula is C17H20N2O4. The van der Waals surface area contributed by atoms with Crippen molar-refractivity contribution in [3.63, 3.8) is 0 Å². The van der Waals surface area contributed by atoms with Crippen molar-refractivity contribution in [2.45, 2.75) is 38.1 Å². The van der Waals surface area contributed by atoms with Gasteiger partial charge in [0.15, 0.2) is 0 Å². The van der Waals surface area contributed by atoms with Crippen LogP contribution in [0, 0.1) is 11.8 Å². The Labute approximate surface area is 134 Å². The number of carboxylic acids is 1. The number of hydrogen-bond acceptors (Lipinski definition) is 3. The van der Waals surface area contributed by atoms with E-state index in [4.69, 9.17) is 5.11 Å². The van der Waals surface area contributed by atoms with E-state index in [0.717, 1.165) is 19.3 Å². The number of nitrogens with one attached hydrogen (secondary N) is 2. The minimum atomic E-state index is -0.856. The van der Waals surface area contributed by atoms with Gasteiger partial charge in [-0.25, -0.2) is 0 Å². The molecule has 2 amide bonds. The third kappa shape index (κ3) is 3.70. The quantitative estimate of drug-likeness (QED) is 0.774. The topological polar surface area (TPSA) is 95.5 Å². The highest BCUT2D eigenvalue weighted by Gasteiger charge is 2.34. The summed E-state index contributed by atoms with van der Waals surface area (Å²) in [6, 6.07) is 6.36. The third-order valence-corrected chi connectivity index (χ3v) is 4.51. The Hall–Kier alpha value is -2.37. The molecule has 2 atom stereocenters. The first-order valence-corrected chi connectivity index (χ1v) is 7.99. The Morgan fingerprint density at radius 2 is 1.70 bits per heavy atom. The van der Waals surface area contributed by atoms with Crippen LogP contribution in [-0.4, -0.2) is 28.9 Å². The van der Waals surface area contributed by atoms with Gasteiger partial charge in [-0.3, -0.25) is 14.4 Å². The van der Waals surface area contributed by atoms with Gasteiger partial charge in [-0.2, -0.15) is 0 Å². The normalized spacial score (nSPS) is 23.3. The molecule has 6 nitrogen and oxygen atoms in total. The van der Waals surface area contributed by atoms with Crippen LogP contribution in [0.3, 0.4) is 0 Å². The number of benzene rings is 1. The molecule has 2 saturated carbocycles. The molecule has 2 aliphatic carbocycles. The molecule has 0 aliphatic heterocycles. The maximum absolute atomic E-state index is 12.2. The summed E-state index contributed by atoms with van der Waals surface area (Å²) in [4.78, 5) is 35.1. The molecule has 0 bridgehead atoms. The van der Waals surface area contributed by atoms with Crippen LogP contribution in [0.15, 0.2) is 24.3 Å². The van der Waals surface area contributed by atoms with E-state index < -0.39 is 11.9 Å². The molecule has 0 radical (unpaired) electrons. The monoisotopic (exact) mass is 316 g/mol. The molecule has 0 spiro atoms. The van der Waals surface area contributed by atoms with Crippen LogP contribution in [0.1, 0.15) is 42.5 Å². The fourth-order valence-corrected chi connectivity index (χ4v) is 2.97. The third-order valence-electron chi connectivity index (χ3n) is 4.51. The number of carboxylic acid groups (broad SMARTS) is 1. The van der Waals surface area contributed by atoms with Gasteiger partial charge < -0.3 is 15.7 Å². The van der Waals surface area contributed by atoms with Crippen LogP contribution >= 0.6 is 0 Å². The molecule has 0 saturated heterocycles. The summed E-state index contributed by atoms with van der Waals surface area (Å²) in [5.74, 6) is -1.48. The molecule has 122 valence electrons. The van der Waals surface area contributed by atoms with Gasteiger partial charge in [0.2, 0.25) is 5.91 Å². The van der Waals surface area contributed by atoms with Crippen molar-refractivity contribution in [1.82, 2.24) is 5.32 Å². The van der Waals surface area contributed by atoms with Crippen molar-refractivity contribution in [3.8, 4) is 0 Å². The summed E-state index contributed by atoms with van der Waals surface area (Å²) in [6.07, 6.45) is 4.00. The smallest absolute Gasteiger partial charge is 0.308 e. The zero-order valence-corrected chi connectivity index (χ0v) is 12.7. The van der Waals surface area contributed by atoms with E-state index in [1.807, 2.05) is 0 Å². The number of aliphatic carboxylic acids is 1. The van der Waals surface area contributed by atoms with Crippen molar-refractivity contribution >= 4 is 23.5 Å². The second-order valence-corrected chi connectivity index (χ2v) is 6.30. The molecule has 0 heterocycles. The van der Waals surface area contributed by atoms with Gasteiger partial charge >= 0.3 is 5.97 Å². The average Bonchev–Trinajstić information content (AvgIpc) is 3.28. The Kier molecular flexibility index (Phi) is 4.32. The number of anilines is 1. The standard InChI is InChI=1S/C17H20N2O4/c20-15(10-4-5-10)18-12-8-6-11(7-9-12)16(21)19-14-3-1-2-13(14)17(22)23/h6-10,13-14H,1-5H2,(H,18,20)(H,19,21)(H,22,23)/t13-,14+/m1/s1. The summed E-state index contributed by atoms with van der Waals surface area (Å²) < 4.78 is 0. The van der Waals surface area contributed by atoms with Crippen LogP contribution in [0.4, 0.5) is 5.69 Å². The highest BCUT2D eigenvalue weighted by atomic mass is 16.4. The van der Waals surface area contributed by atoms with E-state index >= 15 is 0 Å². The van der Waals surface area contributed by atoms with Gasteiger partial charge in [0.05, 0.1) is 5.92 Å². The van der Waals surface area contributed by atoms with E-state index in [0.29, 0.717) is 24.1 Å². The number of hydrogen-bond donors (Lipinski definition) is 3. The first kappa shape index (κ1) is 15.5. The SMILES string of the molecule is O=C(N[C@H]1CCC[C@H]1C(=O)O)c1ccc(NC(=O)C2CC2)cc1. The van der Waals surface area contributed by atoms with Crippen LogP contribution in [0.25, 0.3) is 0 Å². The van der Waals surface area contributed by atoms with E-state index in [2.05, 4.69) is 10.6 Å². The molecule has 1 aromatic carbocycles. The predicted octanol–water partition coefficient (Wildman–Crippen LogP) is 2.02. The van der Waals surface area contributed by atoms with Crippen molar-refractivity contribution < 1.29 is 19.5 Å². The second-order valence-electron chi connectivity index (χ2n) is 6.30. The van der Waals surface area contributed by atoms with Gasteiger partial charge in [-0.1, -0.05) is 6.42 Å². The fourth-order valence-electron chi connectivity index (χ4n) is 2.97. The highest BCUT2D eigenvalue weighted by Crippen LogP contribution is 2.30. The molecule has 0 aromatic heterocycles. The molecule has 0 unspecified atom stereocenters. The minimum Gasteiger partial charge on any atom is -0.481 e. The summed E-state index contributed by atoms with van der Waals surface area (Å²) in [7, 11) is 0. The lowest BCUT2D eigenvalue weighted by Crippen LogP contribution is -2.40. The lowest BCUT2D eigenvalue weighted by Gasteiger charge is -2.17. The van der Waals surface area contributed by atoms with Crippen LogP contribution in [0.2, 0.25) is 0 Å². The summed E-state index contributed by atoms with van der Waals surface area (Å²) in [6.45, 7) is 0. The maximum atomic E-state index is 12.2. The first-order chi connectivity index (χ1) is 11.0. The van der Waals surface area contributed by atoms with Gasteiger partial charge in [0, 0.05) is 23.2 Å². The van der Waals surface area contributed by atoms with Gasteiger partial charge in [-0.15, -0.1) is 0 Å². The minimum absolute atomic E-state index is 0.0254. The lowest BCUT2D eigenvalue weighted by molar-refractivity contribution is -0.142. The van der Waals surface area contributed by atoms with Crippen molar-refractivity contribution in [2.24, 2.45) is 11.8 Å². The molecule has 2 aliphatic rings. The molecular weight excluding hydrogens is 296 g/mol. The van der Waals surface area contributed by atoms with Gasteiger partial charge in [-0.05, 0) is 49.9 Å². The highest BCUT2D eigenvalue weighted by molar-refractivity contribution is 5.97. The van der Waals surface area contributed by atoms with Crippen molar-refractivity contribution in [1.29, 1.82) is 0 Å². The maximum Gasteiger partial charge on any atom is 0.308 e. The number of amides is 2. The number of rotatable bonds is 5. The van der Waals surface area contributed by atoms with Crippen LogP contribution in [0.5, 0.6) is 0 Å². The Morgan fingerprint density at radius 3 is 2.30 bits per heavy atom. The molecule has 2 fully saturated rings. The van der Waals surface area contributed by atoms with E-state index in [9.17, 15) is 14.4 Å². The molecule has 1 aromatic rings. The molecule has 6 heteroatoms. The molecule has 23 heavy (non-hydrogen) atoms. The largest absolute Gasteiger partial charge is 0.481 e. The number of carbonyl (C=O) groups excluding carboxylic acids is 2. The Morgan fingerprint density at radius 1 is 1.00 bits per heavy atom. The van der Waals surface area contributed by atoms with Crippen molar-refractivity contribution in [3.05, 3.63) is 29.8 Å². The molecule has 3 N–H and O–H groups in total. The van der Waals surface area contributed by atoms with Crippen molar-refractivity contribution in [2.75, 3.05) is 5.32 Å². The Balaban J connectivity index is 1.59. The van der Waals surface area contributed by atoms with Crippen LogP contribution < -0.4 is 10.6 Å². The summed E-state index contributed by atoms with van der Waals surface area (Å²) >= 11 is 0. The fraction of sp³-hybridized carbons (Fsp3) is 0.471. The molecule has 3 rings (SSSR count). The van der Waals surface area contributed by atoms with Crippen LogP contribution in [-0.2, 0) is 9.59 Å². The Bertz CT molecular complexity index is 622. The first-order valence-electron chi connectivity index (χ1n) is 7.99. The van der Waals surface area contributed by atoms with E-state index in [1.54, 1.807) is 24.3 Å². The lowest BCUT2D eigenvalue weighted by atomic mass is 10.0. The van der Waals surface area contributed by atoms with E-state index in [1.165, 1.54) is 0 Å².